The Morgan fingerprint density at radius 1 is 1.09 bits per heavy atom. The zero-order valence-corrected chi connectivity index (χ0v) is 18.7. The van der Waals surface area contributed by atoms with Gasteiger partial charge in [0.25, 0.3) is 0 Å². The van der Waals surface area contributed by atoms with Crippen LogP contribution in [-0.2, 0) is 9.53 Å². The molecule has 1 aliphatic heterocycles. The summed E-state index contributed by atoms with van der Waals surface area (Å²) in [4.78, 5) is 22.8. The lowest BCUT2D eigenvalue weighted by Crippen LogP contribution is -2.37. The molecule has 0 saturated carbocycles. The predicted molar refractivity (Wildman–Crippen MR) is 131 cm³/mol. The van der Waals surface area contributed by atoms with Gasteiger partial charge in [-0.05, 0) is 54.1 Å². The summed E-state index contributed by atoms with van der Waals surface area (Å²) >= 11 is 0. The van der Waals surface area contributed by atoms with Gasteiger partial charge < -0.3 is 15.0 Å². The van der Waals surface area contributed by atoms with Crippen molar-refractivity contribution >= 4 is 29.5 Å². The third kappa shape index (κ3) is 4.04. The van der Waals surface area contributed by atoms with E-state index < -0.39 is 0 Å². The van der Waals surface area contributed by atoms with E-state index in [1.807, 2.05) is 35.8 Å². The number of morpholine rings is 1. The molecule has 5 rings (SSSR count). The van der Waals surface area contributed by atoms with Crippen LogP contribution in [0.2, 0.25) is 0 Å². The van der Waals surface area contributed by atoms with E-state index in [2.05, 4.69) is 15.2 Å². The first-order chi connectivity index (χ1) is 16.7. The van der Waals surface area contributed by atoms with E-state index in [0.29, 0.717) is 13.2 Å². The van der Waals surface area contributed by atoms with Gasteiger partial charge >= 0.3 is 0 Å². The fourth-order valence-electron chi connectivity index (χ4n) is 4.27. The number of nitrogens with zero attached hydrogens (tertiary/aromatic N) is 4. The normalized spacial score (nSPS) is 14.1. The Balaban J connectivity index is 1.76. The van der Waals surface area contributed by atoms with Crippen molar-refractivity contribution in [2.24, 2.45) is 0 Å². The van der Waals surface area contributed by atoms with Gasteiger partial charge in [-0.25, -0.2) is 14.4 Å². The van der Waals surface area contributed by atoms with Crippen molar-refractivity contribution in [1.29, 1.82) is 0 Å². The topological polar surface area (TPSA) is 71.8 Å². The number of halogens is 1. The Labute approximate surface area is 196 Å². The highest BCUT2D eigenvalue weighted by Gasteiger charge is 2.22. The quantitative estimate of drug-likeness (QED) is 0.344. The molecule has 8 heteroatoms. The third-order valence-electron chi connectivity index (χ3n) is 5.90. The number of carbonyl (C=O) groups is 1. The zero-order valence-electron chi connectivity index (χ0n) is 18.7. The average molecular weight is 458 g/mol. The van der Waals surface area contributed by atoms with Crippen LogP contribution in [0.3, 0.4) is 0 Å². The molecule has 7 nitrogen and oxygen atoms in total. The number of hydrogen-bond donors (Lipinski definition) is 1. The molecule has 0 spiro atoms. The van der Waals surface area contributed by atoms with Crippen LogP contribution < -0.4 is 10.2 Å². The lowest BCUT2D eigenvalue weighted by atomic mass is 10.0. The molecule has 1 fully saturated rings. The molecular weight excluding hydrogens is 433 g/mol. The van der Waals surface area contributed by atoms with Gasteiger partial charge in [-0.2, -0.15) is 0 Å². The number of carbonyl (C=O) groups excluding carboxylic acids is 1. The SMILES string of the molecule is CNc1ccc(-c2c(-c3ccc(F)cc3)nc3c(N4CCOCC4)nccn23)cc1/C=C\C=O. The van der Waals surface area contributed by atoms with Crippen molar-refractivity contribution in [2.45, 2.75) is 0 Å². The summed E-state index contributed by atoms with van der Waals surface area (Å²) in [5.74, 6) is 0.484. The highest BCUT2D eigenvalue weighted by molar-refractivity contribution is 5.87. The fourth-order valence-corrected chi connectivity index (χ4v) is 4.27. The molecule has 0 aliphatic carbocycles. The average Bonchev–Trinajstić information content (AvgIpc) is 3.28. The van der Waals surface area contributed by atoms with Crippen molar-refractivity contribution in [1.82, 2.24) is 14.4 Å². The standard InChI is InChI=1S/C26H24FN5O2/c1-28-22-9-6-20(17-19(22)3-2-14-33)24-23(18-4-7-21(27)8-5-18)30-26-25(29-10-11-32(24)26)31-12-15-34-16-13-31/h2-11,14,17,28H,12-13,15-16H2,1H3/b3-2-. The third-order valence-corrected chi connectivity index (χ3v) is 5.90. The summed E-state index contributed by atoms with van der Waals surface area (Å²) in [6.07, 6.45) is 7.65. The molecule has 0 radical (unpaired) electrons. The van der Waals surface area contributed by atoms with E-state index >= 15 is 0 Å². The van der Waals surface area contributed by atoms with Gasteiger partial charge in [-0.1, -0.05) is 6.07 Å². The molecular formula is C26H24FN5O2. The Kier molecular flexibility index (Phi) is 6.05. The van der Waals surface area contributed by atoms with Crippen molar-refractivity contribution in [3.05, 3.63) is 72.3 Å². The van der Waals surface area contributed by atoms with E-state index in [9.17, 15) is 9.18 Å². The lowest BCUT2D eigenvalue weighted by Gasteiger charge is -2.27. The van der Waals surface area contributed by atoms with Gasteiger partial charge in [0, 0.05) is 49.3 Å². The summed E-state index contributed by atoms with van der Waals surface area (Å²) in [6, 6.07) is 12.3. The van der Waals surface area contributed by atoms with E-state index in [1.54, 1.807) is 24.4 Å². The van der Waals surface area contributed by atoms with Gasteiger partial charge in [-0.15, -0.1) is 0 Å². The molecule has 2 aromatic carbocycles. The van der Waals surface area contributed by atoms with Crippen LogP contribution in [0.4, 0.5) is 15.9 Å². The number of imidazole rings is 1. The summed E-state index contributed by atoms with van der Waals surface area (Å²) in [6.45, 7) is 2.74. The monoisotopic (exact) mass is 457 g/mol. The minimum absolute atomic E-state index is 0.301. The summed E-state index contributed by atoms with van der Waals surface area (Å²) in [7, 11) is 1.84. The number of rotatable bonds is 6. The minimum atomic E-state index is -0.301. The fraction of sp³-hybridized carbons (Fsp3) is 0.192. The molecule has 4 aromatic rings. The number of aldehydes is 1. The van der Waals surface area contributed by atoms with Crippen molar-refractivity contribution in [3.63, 3.8) is 0 Å². The van der Waals surface area contributed by atoms with Crippen LogP contribution in [0.25, 0.3) is 34.2 Å². The Morgan fingerprint density at radius 2 is 1.85 bits per heavy atom. The molecule has 0 atom stereocenters. The largest absolute Gasteiger partial charge is 0.388 e. The van der Waals surface area contributed by atoms with Crippen molar-refractivity contribution in [3.8, 4) is 22.5 Å². The molecule has 1 saturated heterocycles. The van der Waals surface area contributed by atoms with E-state index in [-0.39, 0.29) is 5.82 Å². The number of aromatic nitrogens is 3. The molecule has 172 valence electrons. The first kappa shape index (κ1) is 21.8. The van der Waals surface area contributed by atoms with Crippen molar-refractivity contribution < 1.29 is 13.9 Å². The summed E-state index contributed by atoms with van der Waals surface area (Å²) < 4.78 is 21.2. The van der Waals surface area contributed by atoms with Crippen LogP contribution >= 0.6 is 0 Å². The van der Waals surface area contributed by atoms with Gasteiger partial charge in [-0.3, -0.25) is 9.20 Å². The molecule has 0 amide bonds. The zero-order chi connectivity index (χ0) is 23.5. The van der Waals surface area contributed by atoms with Gasteiger partial charge in [0.2, 0.25) is 0 Å². The molecule has 0 unspecified atom stereocenters. The molecule has 3 heterocycles. The molecule has 2 aromatic heterocycles. The minimum Gasteiger partial charge on any atom is -0.388 e. The highest BCUT2D eigenvalue weighted by Crippen LogP contribution is 2.36. The number of anilines is 2. The number of hydrogen-bond acceptors (Lipinski definition) is 6. The Bertz CT molecular complexity index is 1360. The molecule has 34 heavy (non-hydrogen) atoms. The Hall–Kier alpha value is -4.04. The van der Waals surface area contributed by atoms with Crippen LogP contribution in [0.15, 0.2) is 60.9 Å². The number of fused-ring (bicyclic) bond motifs is 1. The second kappa shape index (κ2) is 9.44. The first-order valence-electron chi connectivity index (χ1n) is 11.1. The van der Waals surface area contributed by atoms with Gasteiger partial charge in [0.1, 0.15) is 12.1 Å². The van der Waals surface area contributed by atoms with Crippen LogP contribution in [0.1, 0.15) is 5.56 Å². The highest BCUT2D eigenvalue weighted by atomic mass is 19.1. The maximum absolute atomic E-state index is 13.7. The number of allylic oxidation sites excluding steroid dienone is 1. The second-order valence-electron chi connectivity index (χ2n) is 7.91. The molecule has 1 N–H and O–H groups in total. The summed E-state index contributed by atoms with van der Waals surface area (Å²) in [5, 5.41) is 3.16. The maximum Gasteiger partial charge on any atom is 0.181 e. The Morgan fingerprint density at radius 3 is 2.59 bits per heavy atom. The molecule has 1 aliphatic rings. The predicted octanol–water partition coefficient (Wildman–Crippen LogP) is 4.29. The van der Waals surface area contributed by atoms with Gasteiger partial charge in [0.15, 0.2) is 11.5 Å². The summed E-state index contributed by atoms with van der Waals surface area (Å²) in [5.41, 5.74) is 5.80. The number of benzene rings is 2. The van der Waals surface area contributed by atoms with E-state index in [0.717, 1.165) is 64.6 Å². The lowest BCUT2D eigenvalue weighted by molar-refractivity contribution is -0.104. The van der Waals surface area contributed by atoms with Gasteiger partial charge in [0.05, 0.1) is 24.6 Å². The molecule has 0 bridgehead atoms. The number of ether oxygens (including phenoxy) is 1. The van der Waals surface area contributed by atoms with E-state index in [1.165, 1.54) is 18.2 Å². The van der Waals surface area contributed by atoms with Crippen LogP contribution in [-0.4, -0.2) is 54.0 Å². The van der Waals surface area contributed by atoms with Crippen molar-refractivity contribution in [2.75, 3.05) is 43.6 Å². The second-order valence-corrected chi connectivity index (χ2v) is 7.91. The smallest absolute Gasteiger partial charge is 0.181 e. The number of nitrogens with one attached hydrogen (secondary N) is 1. The van der Waals surface area contributed by atoms with E-state index in [4.69, 9.17) is 9.72 Å². The first-order valence-corrected chi connectivity index (χ1v) is 11.1. The van der Waals surface area contributed by atoms with Crippen LogP contribution in [0, 0.1) is 5.82 Å². The van der Waals surface area contributed by atoms with Crippen LogP contribution in [0.5, 0.6) is 0 Å². The maximum atomic E-state index is 13.7.